The van der Waals surface area contributed by atoms with Gasteiger partial charge in [0.1, 0.15) is 13.2 Å². The highest BCUT2D eigenvalue weighted by Crippen LogP contribution is 2.49. The molecule has 1 aliphatic heterocycles. The minimum Gasteiger partial charge on any atom is -0.486 e. The molecule has 26 heavy (non-hydrogen) atoms. The summed E-state index contributed by atoms with van der Waals surface area (Å²) in [6.07, 6.45) is 0.823. The summed E-state index contributed by atoms with van der Waals surface area (Å²) >= 11 is 0. The fourth-order valence-electron chi connectivity index (χ4n) is 3.23. The van der Waals surface area contributed by atoms with Crippen LogP contribution in [0, 0.1) is 5.92 Å². The Morgan fingerprint density at radius 3 is 2.50 bits per heavy atom. The Bertz CT molecular complexity index is 846. The van der Waals surface area contributed by atoms with E-state index in [1.165, 1.54) is 0 Å². The van der Waals surface area contributed by atoms with Gasteiger partial charge in [0.25, 0.3) is 0 Å². The summed E-state index contributed by atoms with van der Waals surface area (Å²) < 4.78 is 11.1. The third-order valence-corrected chi connectivity index (χ3v) is 4.79. The van der Waals surface area contributed by atoms with Gasteiger partial charge in [-0.05, 0) is 47.7 Å². The number of nitrogens with one attached hydrogen (secondary N) is 1. The first-order valence-electron chi connectivity index (χ1n) is 8.61. The standard InChI is InChI=1S/C20H19NO5/c22-19(21-11-12-1-3-13(4-2-12)20(23)24)16-10-15(16)14-5-6-17-18(9-14)26-8-7-25-17/h1-6,9,15-16H,7-8,10-11H2,(H,21,22)(H,23,24)/t15-,16-/m1/s1. The number of hydrogen-bond acceptors (Lipinski definition) is 4. The molecule has 134 valence electrons. The van der Waals surface area contributed by atoms with E-state index in [-0.39, 0.29) is 23.3 Å². The van der Waals surface area contributed by atoms with Crippen molar-refractivity contribution < 1.29 is 24.2 Å². The van der Waals surface area contributed by atoms with Crippen LogP contribution in [0.5, 0.6) is 11.5 Å². The molecule has 1 fully saturated rings. The maximum Gasteiger partial charge on any atom is 0.335 e. The van der Waals surface area contributed by atoms with Crippen LogP contribution >= 0.6 is 0 Å². The Morgan fingerprint density at radius 1 is 1.04 bits per heavy atom. The second-order valence-corrected chi connectivity index (χ2v) is 6.57. The van der Waals surface area contributed by atoms with Crippen LogP contribution in [0.2, 0.25) is 0 Å². The van der Waals surface area contributed by atoms with Gasteiger partial charge in [0.05, 0.1) is 5.56 Å². The van der Waals surface area contributed by atoms with Crippen molar-refractivity contribution in [3.05, 3.63) is 59.2 Å². The fraction of sp³-hybridized carbons (Fsp3) is 0.300. The van der Waals surface area contributed by atoms with Gasteiger partial charge in [-0.1, -0.05) is 18.2 Å². The number of carbonyl (C=O) groups excluding carboxylic acids is 1. The van der Waals surface area contributed by atoms with E-state index in [1.807, 2.05) is 18.2 Å². The predicted octanol–water partition coefficient (Wildman–Crippen LogP) is 2.58. The summed E-state index contributed by atoms with van der Waals surface area (Å²) in [5.74, 6) is 0.744. The molecule has 6 heteroatoms. The monoisotopic (exact) mass is 353 g/mol. The van der Waals surface area contributed by atoms with E-state index in [2.05, 4.69) is 5.32 Å². The van der Waals surface area contributed by atoms with Gasteiger partial charge in [-0.2, -0.15) is 0 Å². The lowest BCUT2D eigenvalue weighted by Crippen LogP contribution is -2.24. The van der Waals surface area contributed by atoms with Crippen LogP contribution in [0.15, 0.2) is 42.5 Å². The topological polar surface area (TPSA) is 84.9 Å². The quantitative estimate of drug-likeness (QED) is 0.863. The molecule has 1 aliphatic carbocycles. The Labute approximate surface area is 150 Å². The summed E-state index contributed by atoms with van der Waals surface area (Å²) in [5.41, 5.74) is 2.21. The summed E-state index contributed by atoms with van der Waals surface area (Å²) in [4.78, 5) is 23.2. The molecular weight excluding hydrogens is 334 g/mol. The van der Waals surface area contributed by atoms with Crippen molar-refractivity contribution in [1.29, 1.82) is 0 Å². The number of hydrogen-bond donors (Lipinski definition) is 2. The molecule has 4 rings (SSSR count). The predicted molar refractivity (Wildman–Crippen MR) is 93.5 cm³/mol. The molecule has 0 spiro atoms. The van der Waals surface area contributed by atoms with E-state index in [9.17, 15) is 9.59 Å². The number of ether oxygens (including phenoxy) is 2. The van der Waals surface area contributed by atoms with E-state index >= 15 is 0 Å². The number of rotatable bonds is 5. The highest BCUT2D eigenvalue weighted by Gasteiger charge is 2.44. The second kappa shape index (κ2) is 6.71. The molecule has 0 bridgehead atoms. The van der Waals surface area contributed by atoms with Gasteiger partial charge >= 0.3 is 5.97 Å². The molecule has 2 N–H and O–H groups in total. The van der Waals surface area contributed by atoms with Crippen molar-refractivity contribution in [2.24, 2.45) is 5.92 Å². The number of aromatic carboxylic acids is 1. The minimum absolute atomic E-state index is 0.0206. The van der Waals surface area contributed by atoms with Crippen molar-refractivity contribution >= 4 is 11.9 Å². The maximum absolute atomic E-state index is 12.4. The van der Waals surface area contributed by atoms with Gasteiger partial charge in [-0.3, -0.25) is 4.79 Å². The molecule has 2 aromatic carbocycles. The van der Waals surface area contributed by atoms with Crippen molar-refractivity contribution in [2.75, 3.05) is 13.2 Å². The van der Waals surface area contributed by atoms with E-state index in [1.54, 1.807) is 24.3 Å². The first kappa shape index (κ1) is 16.4. The largest absolute Gasteiger partial charge is 0.486 e. The van der Waals surface area contributed by atoms with Crippen LogP contribution in [0.4, 0.5) is 0 Å². The molecule has 6 nitrogen and oxygen atoms in total. The van der Waals surface area contributed by atoms with Crippen molar-refractivity contribution in [2.45, 2.75) is 18.9 Å². The number of amides is 1. The smallest absolute Gasteiger partial charge is 0.335 e. The maximum atomic E-state index is 12.4. The second-order valence-electron chi connectivity index (χ2n) is 6.57. The molecule has 0 radical (unpaired) electrons. The van der Waals surface area contributed by atoms with Gasteiger partial charge in [0.2, 0.25) is 5.91 Å². The van der Waals surface area contributed by atoms with Crippen LogP contribution in [0.3, 0.4) is 0 Å². The van der Waals surface area contributed by atoms with Gasteiger partial charge in [-0.15, -0.1) is 0 Å². The molecular formula is C20H19NO5. The fourth-order valence-corrected chi connectivity index (χ4v) is 3.23. The summed E-state index contributed by atoms with van der Waals surface area (Å²) in [6, 6.07) is 12.4. The SMILES string of the molecule is O=C(O)c1ccc(CNC(=O)[C@@H]2C[C@@H]2c2ccc3c(c2)OCCO3)cc1. The number of fused-ring (bicyclic) bond motifs is 1. The zero-order valence-corrected chi connectivity index (χ0v) is 14.1. The third-order valence-electron chi connectivity index (χ3n) is 4.79. The molecule has 1 amide bonds. The lowest BCUT2D eigenvalue weighted by Gasteiger charge is -2.18. The van der Waals surface area contributed by atoms with Gasteiger partial charge in [0.15, 0.2) is 11.5 Å². The van der Waals surface area contributed by atoms with E-state index < -0.39 is 5.97 Å². The zero-order chi connectivity index (χ0) is 18.1. The molecule has 0 unspecified atom stereocenters. The molecule has 2 atom stereocenters. The molecule has 2 aliphatic rings. The molecule has 1 heterocycles. The number of carboxylic acids is 1. The summed E-state index contributed by atoms with van der Waals surface area (Å²) in [7, 11) is 0. The normalized spacial score (nSPS) is 20.3. The Morgan fingerprint density at radius 2 is 1.77 bits per heavy atom. The lowest BCUT2D eigenvalue weighted by molar-refractivity contribution is -0.122. The Hall–Kier alpha value is -3.02. The number of carbonyl (C=O) groups is 2. The molecule has 0 aromatic heterocycles. The van der Waals surface area contributed by atoms with Crippen molar-refractivity contribution in [1.82, 2.24) is 5.32 Å². The summed E-state index contributed by atoms with van der Waals surface area (Å²) in [6.45, 7) is 1.50. The van der Waals surface area contributed by atoms with Crippen LogP contribution in [-0.2, 0) is 11.3 Å². The summed E-state index contributed by atoms with van der Waals surface area (Å²) in [5, 5.41) is 11.8. The first-order chi connectivity index (χ1) is 12.6. The van der Waals surface area contributed by atoms with Crippen LogP contribution < -0.4 is 14.8 Å². The average molecular weight is 353 g/mol. The lowest BCUT2D eigenvalue weighted by atomic mass is 10.1. The van der Waals surface area contributed by atoms with Crippen LogP contribution in [-0.4, -0.2) is 30.2 Å². The third kappa shape index (κ3) is 3.35. The molecule has 0 saturated heterocycles. The van der Waals surface area contributed by atoms with Gasteiger partial charge in [-0.25, -0.2) is 4.79 Å². The highest BCUT2D eigenvalue weighted by atomic mass is 16.6. The van der Waals surface area contributed by atoms with Crippen molar-refractivity contribution in [3.8, 4) is 11.5 Å². The highest BCUT2D eigenvalue weighted by molar-refractivity contribution is 5.87. The van der Waals surface area contributed by atoms with Crippen LogP contribution in [0.1, 0.15) is 33.8 Å². The van der Waals surface area contributed by atoms with E-state index in [0.717, 1.165) is 29.0 Å². The minimum atomic E-state index is -0.958. The average Bonchev–Trinajstić information content (AvgIpc) is 3.47. The number of carboxylic acid groups (broad SMARTS) is 1. The van der Waals surface area contributed by atoms with Gasteiger partial charge in [0, 0.05) is 12.5 Å². The van der Waals surface area contributed by atoms with E-state index in [4.69, 9.17) is 14.6 Å². The first-order valence-corrected chi connectivity index (χ1v) is 8.61. The number of benzene rings is 2. The Balaban J connectivity index is 1.33. The Kier molecular flexibility index (Phi) is 4.24. The molecule has 1 saturated carbocycles. The molecule has 2 aromatic rings. The zero-order valence-electron chi connectivity index (χ0n) is 14.1. The van der Waals surface area contributed by atoms with E-state index in [0.29, 0.717) is 19.8 Å². The van der Waals surface area contributed by atoms with Gasteiger partial charge < -0.3 is 19.9 Å². The van der Waals surface area contributed by atoms with Crippen molar-refractivity contribution in [3.63, 3.8) is 0 Å². The van der Waals surface area contributed by atoms with Crippen LogP contribution in [0.25, 0.3) is 0 Å².